The first-order valence-corrected chi connectivity index (χ1v) is 9.67. The molecule has 2 aromatic carbocycles. The minimum absolute atomic E-state index is 0.102. The molecule has 27 heavy (non-hydrogen) atoms. The lowest BCUT2D eigenvalue weighted by Crippen LogP contribution is -2.12. The van der Waals surface area contributed by atoms with Gasteiger partial charge in [-0.25, -0.2) is 0 Å². The third kappa shape index (κ3) is 3.77. The van der Waals surface area contributed by atoms with Crippen LogP contribution in [0.1, 0.15) is 47.9 Å². The summed E-state index contributed by atoms with van der Waals surface area (Å²) in [4.78, 5) is 12.5. The smallest absolute Gasteiger partial charge is 0.255 e. The molecule has 0 saturated heterocycles. The number of carbonyl (C=O) groups is 1. The monoisotopic (exact) mass is 360 g/mol. The molecule has 4 rings (SSSR count). The number of benzene rings is 2. The van der Waals surface area contributed by atoms with Crippen molar-refractivity contribution in [1.29, 1.82) is 0 Å². The van der Waals surface area contributed by atoms with Crippen molar-refractivity contribution in [2.45, 2.75) is 45.6 Å². The molecular formula is C22H24N4O. The summed E-state index contributed by atoms with van der Waals surface area (Å²) >= 11 is 0. The van der Waals surface area contributed by atoms with Crippen LogP contribution in [0.25, 0.3) is 11.4 Å². The molecule has 0 unspecified atom stereocenters. The molecule has 1 aromatic heterocycles. The molecule has 0 bridgehead atoms. The van der Waals surface area contributed by atoms with Gasteiger partial charge < -0.3 is 9.88 Å². The number of anilines is 1. The Kier molecular flexibility index (Phi) is 5.01. The summed E-state index contributed by atoms with van der Waals surface area (Å²) in [6, 6.07) is 15.6. The number of amides is 1. The van der Waals surface area contributed by atoms with Gasteiger partial charge in [-0.15, -0.1) is 10.2 Å². The van der Waals surface area contributed by atoms with Crippen LogP contribution in [-0.2, 0) is 19.4 Å². The highest BCUT2D eigenvalue weighted by Crippen LogP contribution is 2.25. The number of carbonyl (C=O) groups excluding carboxylic acids is 1. The maximum Gasteiger partial charge on any atom is 0.255 e. The number of nitrogens with one attached hydrogen (secondary N) is 1. The van der Waals surface area contributed by atoms with Crippen LogP contribution in [0.3, 0.4) is 0 Å². The van der Waals surface area contributed by atoms with Crippen molar-refractivity contribution in [3.8, 4) is 11.4 Å². The molecule has 5 nitrogen and oxygen atoms in total. The molecule has 1 N–H and O–H groups in total. The van der Waals surface area contributed by atoms with Gasteiger partial charge >= 0.3 is 0 Å². The standard InChI is InChI=1S/C22H24N4O/c1-2-16-10-12-17(13-11-16)22(27)23-19-8-6-7-18(15-19)21-25-24-20-9-4-3-5-14-26(20)21/h6-8,10-13,15H,2-5,9,14H2,1H3,(H,23,27). The second kappa shape index (κ2) is 7.74. The Morgan fingerprint density at radius 1 is 1.07 bits per heavy atom. The zero-order valence-corrected chi connectivity index (χ0v) is 15.6. The van der Waals surface area contributed by atoms with Crippen molar-refractivity contribution < 1.29 is 4.79 Å². The molecule has 1 aliphatic heterocycles. The van der Waals surface area contributed by atoms with E-state index in [9.17, 15) is 4.79 Å². The lowest BCUT2D eigenvalue weighted by molar-refractivity contribution is 0.102. The predicted octanol–water partition coefficient (Wildman–Crippen LogP) is 4.49. The van der Waals surface area contributed by atoms with Crippen LogP contribution in [0, 0.1) is 0 Å². The largest absolute Gasteiger partial charge is 0.322 e. The molecule has 0 spiro atoms. The lowest BCUT2D eigenvalue weighted by Gasteiger charge is -2.10. The summed E-state index contributed by atoms with van der Waals surface area (Å²) in [5.74, 6) is 1.85. The Bertz CT molecular complexity index is 943. The SMILES string of the molecule is CCc1ccc(C(=O)Nc2cccc(-c3nnc4n3CCCCC4)c2)cc1. The van der Waals surface area contributed by atoms with Crippen LogP contribution in [0.15, 0.2) is 48.5 Å². The van der Waals surface area contributed by atoms with E-state index in [2.05, 4.69) is 27.0 Å². The first-order chi connectivity index (χ1) is 13.2. The van der Waals surface area contributed by atoms with Crippen molar-refractivity contribution in [2.24, 2.45) is 0 Å². The van der Waals surface area contributed by atoms with Gasteiger partial charge in [0, 0.05) is 29.8 Å². The first kappa shape index (κ1) is 17.5. The van der Waals surface area contributed by atoms with Gasteiger partial charge in [-0.3, -0.25) is 4.79 Å². The highest BCUT2D eigenvalue weighted by atomic mass is 16.1. The van der Waals surface area contributed by atoms with Gasteiger partial charge in [-0.1, -0.05) is 37.6 Å². The molecule has 0 fully saturated rings. The van der Waals surface area contributed by atoms with Gasteiger partial charge in [-0.05, 0) is 49.1 Å². The molecular weight excluding hydrogens is 336 g/mol. The fourth-order valence-corrected chi connectivity index (χ4v) is 3.53. The first-order valence-electron chi connectivity index (χ1n) is 9.67. The Labute approximate surface area is 159 Å². The van der Waals surface area contributed by atoms with Crippen molar-refractivity contribution in [3.05, 3.63) is 65.5 Å². The third-order valence-corrected chi connectivity index (χ3v) is 5.11. The van der Waals surface area contributed by atoms with E-state index in [1.807, 2.05) is 48.5 Å². The van der Waals surface area contributed by atoms with Crippen LogP contribution in [0.4, 0.5) is 5.69 Å². The Morgan fingerprint density at radius 2 is 1.93 bits per heavy atom. The molecule has 0 radical (unpaired) electrons. The minimum atomic E-state index is -0.102. The zero-order chi connectivity index (χ0) is 18.6. The fourth-order valence-electron chi connectivity index (χ4n) is 3.53. The van der Waals surface area contributed by atoms with Gasteiger partial charge in [-0.2, -0.15) is 0 Å². The van der Waals surface area contributed by atoms with Gasteiger partial charge in [0.1, 0.15) is 5.82 Å². The molecule has 3 aromatic rings. The van der Waals surface area contributed by atoms with Crippen molar-refractivity contribution >= 4 is 11.6 Å². The summed E-state index contributed by atoms with van der Waals surface area (Å²) in [6.07, 6.45) is 5.51. The van der Waals surface area contributed by atoms with E-state index >= 15 is 0 Å². The zero-order valence-electron chi connectivity index (χ0n) is 15.6. The van der Waals surface area contributed by atoms with Crippen LogP contribution in [0.5, 0.6) is 0 Å². The molecule has 0 atom stereocenters. The van der Waals surface area contributed by atoms with Crippen LogP contribution in [0.2, 0.25) is 0 Å². The van der Waals surface area contributed by atoms with E-state index < -0.39 is 0 Å². The molecule has 1 aliphatic rings. The van der Waals surface area contributed by atoms with Gasteiger partial charge in [0.05, 0.1) is 0 Å². The number of hydrogen-bond donors (Lipinski definition) is 1. The van der Waals surface area contributed by atoms with E-state index in [0.29, 0.717) is 5.56 Å². The normalized spacial score (nSPS) is 13.7. The van der Waals surface area contributed by atoms with E-state index in [1.54, 1.807) is 0 Å². The van der Waals surface area contributed by atoms with Crippen molar-refractivity contribution in [3.63, 3.8) is 0 Å². The number of aryl methyl sites for hydroxylation is 2. The van der Waals surface area contributed by atoms with E-state index in [4.69, 9.17) is 0 Å². The van der Waals surface area contributed by atoms with Crippen LogP contribution >= 0.6 is 0 Å². The van der Waals surface area contributed by atoms with Gasteiger partial charge in [0.15, 0.2) is 5.82 Å². The number of aromatic nitrogens is 3. The third-order valence-electron chi connectivity index (χ3n) is 5.11. The van der Waals surface area contributed by atoms with Crippen molar-refractivity contribution in [1.82, 2.24) is 14.8 Å². The average Bonchev–Trinajstić information content (AvgIpc) is 2.96. The molecule has 1 amide bonds. The van der Waals surface area contributed by atoms with E-state index in [0.717, 1.165) is 48.7 Å². The highest BCUT2D eigenvalue weighted by Gasteiger charge is 2.16. The number of fused-ring (bicyclic) bond motifs is 1. The van der Waals surface area contributed by atoms with Gasteiger partial charge in [0.2, 0.25) is 0 Å². The molecule has 0 saturated carbocycles. The number of hydrogen-bond acceptors (Lipinski definition) is 3. The average molecular weight is 360 g/mol. The maximum absolute atomic E-state index is 12.5. The molecule has 5 heteroatoms. The quantitative estimate of drug-likeness (QED) is 0.746. The summed E-state index contributed by atoms with van der Waals surface area (Å²) in [6.45, 7) is 3.06. The second-order valence-corrected chi connectivity index (χ2v) is 6.99. The second-order valence-electron chi connectivity index (χ2n) is 6.99. The molecule has 138 valence electrons. The minimum Gasteiger partial charge on any atom is -0.322 e. The molecule has 2 heterocycles. The maximum atomic E-state index is 12.5. The summed E-state index contributed by atoms with van der Waals surface area (Å²) in [5.41, 5.74) is 3.63. The summed E-state index contributed by atoms with van der Waals surface area (Å²) in [5, 5.41) is 11.8. The van der Waals surface area contributed by atoms with E-state index in [1.165, 1.54) is 18.4 Å². The lowest BCUT2D eigenvalue weighted by atomic mass is 10.1. The summed E-state index contributed by atoms with van der Waals surface area (Å²) in [7, 11) is 0. The Morgan fingerprint density at radius 3 is 2.74 bits per heavy atom. The van der Waals surface area contributed by atoms with Crippen molar-refractivity contribution in [2.75, 3.05) is 5.32 Å². The fraction of sp³-hybridized carbons (Fsp3) is 0.318. The van der Waals surface area contributed by atoms with Crippen LogP contribution in [-0.4, -0.2) is 20.7 Å². The topological polar surface area (TPSA) is 59.8 Å². The van der Waals surface area contributed by atoms with Crippen LogP contribution < -0.4 is 5.32 Å². The number of nitrogens with zero attached hydrogens (tertiary/aromatic N) is 3. The Balaban J connectivity index is 1.56. The Hall–Kier alpha value is -2.95. The highest BCUT2D eigenvalue weighted by molar-refractivity contribution is 6.04. The number of rotatable bonds is 4. The predicted molar refractivity (Wildman–Crippen MR) is 107 cm³/mol. The van der Waals surface area contributed by atoms with E-state index in [-0.39, 0.29) is 5.91 Å². The van der Waals surface area contributed by atoms with Gasteiger partial charge in [0.25, 0.3) is 5.91 Å². The molecule has 0 aliphatic carbocycles. The summed E-state index contributed by atoms with van der Waals surface area (Å²) < 4.78 is 2.22.